The number of rotatable bonds is 6. The number of carbonyl (C=O) groups excluding carboxylic acids is 1. The zero-order valence-corrected chi connectivity index (χ0v) is 14.2. The van der Waals surface area contributed by atoms with E-state index in [2.05, 4.69) is 20.5 Å². The Hall–Kier alpha value is -2.63. The van der Waals surface area contributed by atoms with Crippen molar-refractivity contribution >= 4 is 11.8 Å². The predicted molar refractivity (Wildman–Crippen MR) is 96.0 cm³/mol. The van der Waals surface area contributed by atoms with Gasteiger partial charge in [-0.2, -0.15) is 0 Å². The molecule has 2 aromatic rings. The molecule has 5 nitrogen and oxygen atoms in total. The second-order valence-electron chi connectivity index (χ2n) is 6.17. The molecule has 1 saturated heterocycles. The quantitative estimate of drug-likeness (QED) is 0.849. The molecular formula is C19H23FN4O. The third-order valence-electron chi connectivity index (χ3n) is 4.33. The minimum atomic E-state index is -0.264. The second-order valence-corrected chi connectivity index (χ2v) is 6.17. The monoisotopic (exact) mass is 342 g/mol. The Morgan fingerprint density at radius 3 is 2.64 bits per heavy atom. The van der Waals surface area contributed by atoms with Crippen molar-refractivity contribution < 1.29 is 9.18 Å². The number of hydrogen-bond acceptors (Lipinski definition) is 3. The van der Waals surface area contributed by atoms with E-state index >= 15 is 0 Å². The third-order valence-corrected chi connectivity index (χ3v) is 4.33. The molecule has 1 aromatic heterocycles. The van der Waals surface area contributed by atoms with Crippen molar-refractivity contribution in [1.29, 1.82) is 0 Å². The highest BCUT2D eigenvalue weighted by Gasteiger charge is 2.13. The van der Waals surface area contributed by atoms with E-state index in [1.165, 1.54) is 18.9 Å². The van der Waals surface area contributed by atoms with Gasteiger partial charge in [0.15, 0.2) is 0 Å². The van der Waals surface area contributed by atoms with Crippen LogP contribution in [0.2, 0.25) is 0 Å². The van der Waals surface area contributed by atoms with Gasteiger partial charge in [-0.1, -0.05) is 24.3 Å². The fraction of sp³-hybridized carbons (Fsp3) is 0.368. The summed E-state index contributed by atoms with van der Waals surface area (Å²) in [5, 5.41) is 5.53. The van der Waals surface area contributed by atoms with Crippen molar-refractivity contribution in [2.45, 2.75) is 25.8 Å². The summed E-state index contributed by atoms with van der Waals surface area (Å²) in [7, 11) is 0. The number of aromatic nitrogens is 1. The van der Waals surface area contributed by atoms with Crippen molar-refractivity contribution in [2.24, 2.45) is 0 Å². The van der Waals surface area contributed by atoms with Crippen molar-refractivity contribution in [3.05, 3.63) is 59.5 Å². The van der Waals surface area contributed by atoms with E-state index in [9.17, 15) is 9.18 Å². The lowest BCUT2D eigenvalue weighted by atomic mass is 10.1. The molecule has 0 spiro atoms. The molecule has 1 aliphatic rings. The molecule has 2 heterocycles. The van der Waals surface area contributed by atoms with E-state index in [4.69, 9.17) is 0 Å². The van der Waals surface area contributed by atoms with Gasteiger partial charge in [0.2, 0.25) is 0 Å². The number of amides is 2. The molecule has 1 aromatic carbocycles. The Kier molecular flexibility index (Phi) is 5.82. The number of pyridine rings is 1. The summed E-state index contributed by atoms with van der Waals surface area (Å²) in [5.74, 6) is 0.754. The van der Waals surface area contributed by atoms with Crippen molar-refractivity contribution in [3.8, 4) is 0 Å². The fourth-order valence-electron chi connectivity index (χ4n) is 2.91. The van der Waals surface area contributed by atoms with Gasteiger partial charge in [-0.15, -0.1) is 0 Å². The SMILES string of the molecule is O=C(NCCc1ccccc1F)NCc1ccc(N2CCCC2)nc1. The van der Waals surface area contributed by atoms with Crippen LogP contribution in [-0.4, -0.2) is 30.6 Å². The summed E-state index contributed by atoms with van der Waals surface area (Å²) in [6, 6.07) is 10.3. The van der Waals surface area contributed by atoms with E-state index in [0.717, 1.165) is 24.5 Å². The molecule has 0 bridgehead atoms. The van der Waals surface area contributed by atoms with Gasteiger partial charge in [-0.3, -0.25) is 0 Å². The van der Waals surface area contributed by atoms with Crippen LogP contribution in [0.25, 0.3) is 0 Å². The van der Waals surface area contributed by atoms with E-state index in [-0.39, 0.29) is 11.8 Å². The van der Waals surface area contributed by atoms with Crippen LogP contribution in [0.15, 0.2) is 42.6 Å². The standard InChI is InChI=1S/C19H23FN4O/c20-17-6-2-1-5-16(17)9-10-21-19(25)23-14-15-7-8-18(22-13-15)24-11-3-4-12-24/h1-2,5-8,13H,3-4,9-12,14H2,(H2,21,23,25). The molecule has 1 aliphatic heterocycles. The molecule has 6 heteroatoms. The minimum absolute atomic E-state index is 0.242. The maximum atomic E-state index is 13.5. The average Bonchev–Trinajstić information content (AvgIpc) is 3.17. The lowest BCUT2D eigenvalue weighted by molar-refractivity contribution is 0.240. The Labute approximate surface area is 147 Å². The maximum Gasteiger partial charge on any atom is 0.315 e. The first-order chi connectivity index (χ1) is 12.2. The Morgan fingerprint density at radius 2 is 1.92 bits per heavy atom. The Bertz CT molecular complexity index is 699. The number of urea groups is 1. The summed E-state index contributed by atoms with van der Waals surface area (Å²) >= 11 is 0. The van der Waals surface area contributed by atoms with E-state index in [1.807, 2.05) is 12.1 Å². The molecular weight excluding hydrogens is 319 g/mol. The zero-order valence-electron chi connectivity index (χ0n) is 14.2. The summed E-state index contributed by atoms with van der Waals surface area (Å²) < 4.78 is 13.5. The first-order valence-electron chi connectivity index (χ1n) is 8.67. The summed E-state index contributed by atoms with van der Waals surface area (Å²) in [4.78, 5) is 18.6. The molecule has 25 heavy (non-hydrogen) atoms. The largest absolute Gasteiger partial charge is 0.357 e. The number of benzene rings is 1. The normalized spacial score (nSPS) is 13.7. The van der Waals surface area contributed by atoms with Gasteiger partial charge in [0.25, 0.3) is 0 Å². The van der Waals surface area contributed by atoms with Gasteiger partial charge in [0.1, 0.15) is 11.6 Å². The topological polar surface area (TPSA) is 57.3 Å². The number of anilines is 1. The number of hydrogen-bond donors (Lipinski definition) is 2. The molecule has 132 valence electrons. The molecule has 2 amide bonds. The van der Waals surface area contributed by atoms with Crippen LogP contribution in [0.4, 0.5) is 15.0 Å². The number of carbonyl (C=O) groups is 1. The van der Waals surface area contributed by atoms with Gasteiger partial charge in [-0.05, 0) is 42.5 Å². The first kappa shape index (κ1) is 17.2. The van der Waals surface area contributed by atoms with Crippen LogP contribution in [0.5, 0.6) is 0 Å². The molecule has 1 fully saturated rings. The highest BCUT2D eigenvalue weighted by atomic mass is 19.1. The predicted octanol–water partition coefficient (Wildman–Crippen LogP) is 2.86. The van der Waals surface area contributed by atoms with Crippen LogP contribution in [0.1, 0.15) is 24.0 Å². The van der Waals surface area contributed by atoms with Gasteiger partial charge < -0.3 is 15.5 Å². The smallest absolute Gasteiger partial charge is 0.315 e. The summed E-state index contributed by atoms with van der Waals surface area (Å²) in [5.41, 5.74) is 1.55. The average molecular weight is 342 g/mol. The van der Waals surface area contributed by atoms with E-state index in [1.54, 1.807) is 24.4 Å². The van der Waals surface area contributed by atoms with Gasteiger partial charge in [0, 0.05) is 32.4 Å². The van der Waals surface area contributed by atoms with E-state index in [0.29, 0.717) is 25.1 Å². The number of halogens is 1. The minimum Gasteiger partial charge on any atom is -0.357 e. The van der Waals surface area contributed by atoms with Crippen LogP contribution >= 0.6 is 0 Å². The van der Waals surface area contributed by atoms with Crippen LogP contribution in [0, 0.1) is 5.82 Å². The molecule has 0 saturated carbocycles. The van der Waals surface area contributed by atoms with Crippen molar-refractivity contribution in [1.82, 2.24) is 15.6 Å². The highest BCUT2D eigenvalue weighted by molar-refractivity contribution is 5.73. The van der Waals surface area contributed by atoms with Gasteiger partial charge in [0.05, 0.1) is 0 Å². The Balaban J connectivity index is 1.39. The molecule has 0 atom stereocenters. The van der Waals surface area contributed by atoms with Crippen molar-refractivity contribution in [2.75, 3.05) is 24.5 Å². The van der Waals surface area contributed by atoms with Crippen LogP contribution < -0.4 is 15.5 Å². The fourth-order valence-corrected chi connectivity index (χ4v) is 2.91. The molecule has 0 unspecified atom stereocenters. The van der Waals surface area contributed by atoms with Crippen LogP contribution in [-0.2, 0) is 13.0 Å². The number of nitrogens with zero attached hydrogens (tertiary/aromatic N) is 2. The lowest BCUT2D eigenvalue weighted by Gasteiger charge is -2.16. The molecule has 0 radical (unpaired) electrons. The highest BCUT2D eigenvalue weighted by Crippen LogP contribution is 2.17. The lowest BCUT2D eigenvalue weighted by Crippen LogP contribution is -2.36. The molecule has 2 N–H and O–H groups in total. The summed E-state index contributed by atoms with van der Waals surface area (Å²) in [6.45, 7) is 2.93. The second kappa shape index (κ2) is 8.46. The molecule has 3 rings (SSSR count). The third kappa shape index (κ3) is 4.92. The maximum absolute atomic E-state index is 13.5. The van der Waals surface area contributed by atoms with Gasteiger partial charge >= 0.3 is 6.03 Å². The summed E-state index contributed by atoms with van der Waals surface area (Å²) in [6.07, 6.45) is 4.70. The van der Waals surface area contributed by atoms with Gasteiger partial charge in [-0.25, -0.2) is 14.2 Å². The molecule has 0 aliphatic carbocycles. The number of nitrogens with one attached hydrogen (secondary N) is 2. The van der Waals surface area contributed by atoms with Crippen LogP contribution in [0.3, 0.4) is 0 Å². The first-order valence-corrected chi connectivity index (χ1v) is 8.67. The van der Waals surface area contributed by atoms with Crippen molar-refractivity contribution in [3.63, 3.8) is 0 Å². The zero-order chi connectivity index (χ0) is 17.5. The van der Waals surface area contributed by atoms with E-state index < -0.39 is 0 Å². The Morgan fingerprint density at radius 1 is 1.12 bits per heavy atom.